The lowest BCUT2D eigenvalue weighted by Gasteiger charge is -2.22. The summed E-state index contributed by atoms with van der Waals surface area (Å²) in [5.41, 5.74) is -0.0378. The van der Waals surface area contributed by atoms with Crippen molar-refractivity contribution in [1.29, 1.82) is 5.26 Å². The van der Waals surface area contributed by atoms with E-state index in [0.717, 1.165) is 19.3 Å². The van der Waals surface area contributed by atoms with Gasteiger partial charge in [-0.15, -0.1) is 0 Å². The molecule has 2 rings (SSSR count). The van der Waals surface area contributed by atoms with Crippen LogP contribution in [-0.2, 0) is 6.54 Å². The molecule has 0 aliphatic heterocycles. The number of aryl methyl sites for hydroxylation is 1. The highest BCUT2D eigenvalue weighted by atomic mass is 16.1. The van der Waals surface area contributed by atoms with E-state index >= 15 is 0 Å². The molecule has 0 atom stereocenters. The van der Waals surface area contributed by atoms with Crippen molar-refractivity contribution in [3.8, 4) is 6.07 Å². The predicted octanol–water partition coefficient (Wildman–Crippen LogP) is 1.54. The molecule has 1 aromatic heterocycles. The molecule has 0 unspecified atom stereocenters. The zero-order valence-corrected chi connectivity index (χ0v) is 10.7. The van der Waals surface area contributed by atoms with Crippen LogP contribution in [0.3, 0.4) is 0 Å². The molecule has 1 aliphatic rings. The van der Waals surface area contributed by atoms with Crippen LogP contribution in [0.2, 0.25) is 0 Å². The van der Waals surface area contributed by atoms with Crippen LogP contribution in [0.5, 0.6) is 0 Å². The van der Waals surface area contributed by atoms with Gasteiger partial charge in [-0.1, -0.05) is 6.92 Å². The Hall–Kier alpha value is -1.83. The molecule has 0 spiro atoms. The first-order valence-electron chi connectivity index (χ1n) is 6.47. The second-order valence-corrected chi connectivity index (χ2v) is 4.58. The fraction of sp³-hybridized carbons (Fsp3) is 0.615. The highest BCUT2D eigenvalue weighted by Gasteiger charge is 2.31. The summed E-state index contributed by atoms with van der Waals surface area (Å²) >= 11 is 0. The second kappa shape index (κ2) is 5.67. The van der Waals surface area contributed by atoms with Crippen LogP contribution in [0.1, 0.15) is 32.6 Å². The number of aromatic nitrogens is 2. The van der Waals surface area contributed by atoms with Gasteiger partial charge in [-0.2, -0.15) is 5.26 Å². The molecule has 18 heavy (non-hydrogen) atoms. The maximum Gasteiger partial charge on any atom is 0.293 e. The zero-order chi connectivity index (χ0) is 13.0. The number of nitriles is 1. The Morgan fingerprint density at radius 3 is 3.00 bits per heavy atom. The molecule has 0 radical (unpaired) electrons. The van der Waals surface area contributed by atoms with Gasteiger partial charge in [0.25, 0.3) is 5.56 Å². The quantitative estimate of drug-likeness (QED) is 0.763. The normalized spacial score (nSPS) is 14.2. The summed E-state index contributed by atoms with van der Waals surface area (Å²) in [7, 11) is 0. The molecular formula is C13H18N4O. The Balaban J connectivity index is 2.27. The summed E-state index contributed by atoms with van der Waals surface area (Å²) in [4.78, 5) is 18.5. The number of hydrogen-bond acceptors (Lipinski definition) is 4. The highest BCUT2D eigenvalue weighted by molar-refractivity contribution is 5.39. The molecule has 5 heteroatoms. The monoisotopic (exact) mass is 246 g/mol. The van der Waals surface area contributed by atoms with Crippen LogP contribution in [0.15, 0.2) is 17.2 Å². The minimum Gasteiger partial charge on any atom is -0.348 e. The van der Waals surface area contributed by atoms with Gasteiger partial charge in [-0.3, -0.25) is 4.79 Å². The topological polar surface area (TPSA) is 61.9 Å². The Morgan fingerprint density at radius 1 is 1.61 bits per heavy atom. The minimum absolute atomic E-state index is 0.0378. The Labute approximate surface area is 107 Å². The van der Waals surface area contributed by atoms with Crippen molar-refractivity contribution < 1.29 is 0 Å². The van der Waals surface area contributed by atoms with Crippen molar-refractivity contribution in [3.05, 3.63) is 22.7 Å². The van der Waals surface area contributed by atoms with Gasteiger partial charge in [-0.05, 0) is 19.3 Å². The van der Waals surface area contributed by atoms with E-state index < -0.39 is 0 Å². The fourth-order valence-corrected chi connectivity index (χ4v) is 2.07. The van der Waals surface area contributed by atoms with Crippen LogP contribution >= 0.6 is 0 Å². The SMILES string of the molecule is CCCn1ccnc(N(CCC#N)C2CC2)c1=O. The van der Waals surface area contributed by atoms with E-state index in [1.165, 1.54) is 0 Å². The molecule has 0 N–H and O–H groups in total. The fourth-order valence-electron chi connectivity index (χ4n) is 2.07. The molecule has 1 fully saturated rings. The first-order chi connectivity index (χ1) is 8.77. The molecule has 1 aliphatic carbocycles. The van der Waals surface area contributed by atoms with Crippen molar-refractivity contribution in [2.45, 2.75) is 45.2 Å². The average molecular weight is 246 g/mol. The molecular weight excluding hydrogens is 228 g/mol. The standard InChI is InChI=1S/C13H18N4O/c1-2-8-16-10-7-15-12(13(16)18)17(9-3-6-14)11-4-5-11/h7,10-11H,2-5,8-9H2,1H3. The molecule has 1 aromatic rings. The molecule has 96 valence electrons. The average Bonchev–Trinajstić information content (AvgIpc) is 3.19. The predicted molar refractivity (Wildman–Crippen MR) is 69.4 cm³/mol. The van der Waals surface area contributed by atoms with E-state index in [9.17, 15) is 4.79 Å². The summed E-state index contributed by atoms with van der Waals surface area (Å²) < 4.78 is 1.70. The lowest BCUT2D eigenvalue weighted by atomic mass is 10.3. The van der Waals surface area contributed by atoms with E-state index in [1.807, 2.05) is 11.8 Å². The van der Waals surface area contributed by atoms with Gasteiger partial charge in [0.1, 0.15) is 0 Å². The van der Waals surface area contributed by atoms with Crippen LogP contribution in [0.4, 0.5) is 5.82 Å². The van der Waals surface area contributed by atoms with Crippen LogP contribution < -0.4 is 10.5 Å². The summed E-state index contributed by atoms with van der Waals surface area (Å²) in [6.07, 6.45) is 6.94. The summed E-state index contributed by atoms with van der Waals surface area (Å²) in [6, 6.07) is 2.53. The summed E-state index contributed by atoms with van der Waals surface area (Å²) in [5.74, 6) is 0.503. The van der Waals surface area contributed by atoms with Crippen molar-refractivity contribution in [3.63, 3.8) is 0 Å². The van der Waals surface area contributed by atoms with E-state index in [-0.39, 0.29) is 5.56 Å². The third-order valence-corrected chi connectivity index (χ3v) is 3.08. The van der Waals surface area contributed by atoms with Crippen molar-refractivity contribution in [2.75, 3.05) is 11.4 Å². The summed E-state index contributed by atoms with van der Waals surface area (Å²) in [5, 5.41) is 8.69. The van der Waals surface area contributed by atoms with Gasteiger partial charge in [0, 0.05) is 31.5 Å². The second-order valence-electron chi connectivity index (χ2n) is 4.58. The smallest absolute Gasteiger partial charge is 0.293 e. The molecule has 0 bridgehead atoms. The van der Waals surface area contributed by atoms with Crippen molar-refractivity contribution in [1.82, 2.24) is 9.55 Å². The number of nitrogens with zero attached hydrogens (tertiary/aromatic N) is 4. The van der Waals surface area contributed by atoms with Gasteiger partial charge in [0.15, 0.2) is 5.82 Å². The maximum absolute atomic E-state index is 12.3. The maximum atomic E-state index is 12.3. The van der Waals surface area contributed by atoms with Crippen LogP contribution in [-0.4, -0.2) is 22.1 Å². The van der Waals surface area contributed by atoms with E-state index in [2.05, 4.69) is 11.1 Å². The Bertz CT molecular complexity index is 498. The third-order valence-electron chi connectivity index (χ3n) is 3.08. The number of rotatable bonds is 6. The van der Waals surface area contributed by atoms with Gasteiger partial charge < -0.3 is 9.47 Å². The van der Waals surface area contributed by atoms with Gasteiger partial charge in [-0.25, -0.2) is 4.98 Å². The van der Waals surface area contributed by atoms with E-state index in [1.54, 1.807) is 17.0 Å². The highest BCUT2D eigenvalue weighted by Crippen LogP contribution is 2.29. The minimum atomic E-state index is -0.0378. The van der Waals surface area contributed by atoms with Gasteiger partial charge in [0.2, 0.25) is 0 Å². The largest absolute Gasteiger partial charge is 0.348 e. The first-order valence-corrected chi connectivity index (χ1v) is 6.47. The Morgan fingerprint density at radius 2 is 2.39 bits per heavy atom. The third kappa shape index (κ3) is 2.70. The van der Waals surface area contributed by atoms with Crippen molar-refractivity contribution in [2.24, 2.45) is 0 Å². The molecule has 5 nitrogen and oxygen atoms in total. The molecule has 0 aromatic carbocycles. The zero-order valence-electron chi connectivity index (χ0n) is 10.7. The number of hydrogen-bond donors (Lipinski definition) is 0. The van der Waals surface area contributed by atoms with Gasteiger partial charge in [0.05, 0.1) is 12.5 Å². The van der Waals surface area contributed by atoms with E-state index in [0.29, 0.717) is 31.4 Å². The lowest BCUT2D eigenvalue weighted by Crippen LogP contribution is -2.35. The Kier molecular flexibility index (Phi) is 3.98. The molecule has 1 heterocycles. The molecule has 0 saturated heterocycles. The van der Waals surface area contributed by atoms with Crippen LogP contribution in [0.25, 0.3) is 0 Å². The van der Waals surface area contributed by atoms with E-state index in [4.69, 9.17) is 5.26 Å². The van der Waals surface area contributed by atoms with Gasteiger partial charge >= 0.3 is 0 Å². The van der Waals surface area contributed by atoms with Crippen molar-refractivity contribution >= 4 is 5.82 Å². The summed E-state index contributed by atoms with van der Waals surface area (Å²) in [6.45, 7) is 3.35. The van der Waals surface area contributed by atoms with Crippen LogP contribution in [0, 0.1) is 11.3 Å². The molecule has 1 saturated carbocycles. The lowest BCUT2D eigenvalue weighted by molar-refractivity contribution is 0.639. The molecule has 0 amide bonds. The first kappa shape index (κ1) is 12.6. The number of anilines is 1.